The topological polar surface area (TPSA) is 57.2 Å². The number of rotatable bonds is 11. The van der Waals surface area contributed by atoms with E-state index in [0.29, 0.717) is 40.7 Å². The molecule has 0 saturated carbocycles. The van der Waals surface area contributed by atoms with Crippen LogP contribution in [0.3, 0.4) is 0 Å². The number of hydrogen-bond acceptors (Lipinski definition) is 7. The van der Waals surface area contributed by atoms with Crippen LogP contribution in [0.15, 0.2) is 66.7 Å². The van der Waals surface area contributed by atoms with Crippen LogP contribution in [0.5, 0.6) is 23.0 Å². The third-order valence-electron chi connectivity index (χ3n) is 7.50. The van der Waals surface area contributed by atoms with Gasteiger partial charge in [-0.1, -0.05) is 24.3 Å². The Labute approximate surface area is 243 Å². The zero-order valence-corrected chi connectivity index (χ0v) is 24.0. The van der Waals surface area contributed by atoms with E-state index in [-0.39, 0.29) is 24.9 Å². The average molecular weight is 576 g/mol. The van der Waals surface area contributed by atoms with Gasteiger partial charge in [0.15, 0.2) is 12.0 Å². The number of aryl methyl sites for hydroxylation is 1. The summed E-state index contributed by atoms with van der Waals surface area (Å²) in [5.74, 6) is 2.55. The number of thiophene rings is 1. The second-order valence-corrected chi connectivity index (χ2v) is 11.6. The Bertz CT molecular complexity index is 1490. The quantitative estimate of drug-likeness (QED) is 0.172. The SMILES string of the molecule is Cc1ccccc1C(=O)c1sc2cc(OC3CCCCO3)ccc2c1Oc1ccc(OC2CN(CCCF)C2)cc1. The standard InChI is InChI=1S/C33H34FNO5S/c1-22-7-2-3-8-27(22)31(36)33-32(28-15-14-25(19-29(28)41-33)39-30-9-4-5-18-37-30)40-24-12-10-23(11-13-24)38-26-20-35(21-26)17-6-16-34/h2-3,7-8,10-15,19,26,30H,4-6,9,16-18,20-21H2,1H3. The molecule has 4 aromatic rings. The molecule has 0 amide bonds. The van der Waals surface area contributed by atoms with Gasteiger partial charge in [-0.3, -0.25) is 14.1 Å². The second-order valence-electron chi connectivity index (χ2n) is 10.6. The zero-order valence-electron chi connectivity index (χ0n) is 23.1. The van der Waals surface area contributed by atoms with Crippen LogP contribution in [0, 0.1) is 6.92 Å². The van der Waals surface area contributed by atoms with Crippen LogP contribution < -0.4 is 14.2 Å². The number of hydrogen-bond donors (Lipinski definition) is 0. The predicted octanol–water partition coefficient (Wildman–Crippen LogP) is 7.56. The first kappa shape index (κ1) is 27.7. The van der Waals surface area contributed by atoms with E-state index in [2.05, 4.69) is 4.90 Å². The average Bonchev–Trinajstić information content (AvgIpc) is 3.32. The fourth-order valence-corrected chi connectivity index (χ4v) is 6.36. The first-order valence-corrected chi connectivity index (χ1v) is 15.1. The fraction of sp³-hybridized carbons (Fsp3) is 0.364. The highest BCUT2D eigenvalue weighted by Gasteiger charge is 2.28. The molecule has 0 aliphatic carbocycles. The van der Waals surface area contributed by atoms with E-state index < -0.39 is 0 Å². The highest BCUT2D eigenvalue weighted by molar-refractivity contribution is 7.21. The minimum atomic E-state index is -0.286. The molecule has 214 valence electrons. The van der Waals surface area contributed by atoms with Crippen molar-refractivity contribution >= 4 is 27.2 Å². The van der Waals surface area contributed by atoms with Crippen molar-refractivity contribution < 1.29 is 28.1 Å². The second kappa shape index (κ2) is 12.6. The molecule has 2 fully saturated rings. The molecule has 1 unspecified atom stereocenters. The summed E-state index contributed by atoms with van der Waals surface area (Å²) in [7, 11) is 0. The van der Waals surface area contributed by atoms with Crippen LogP contribution in [0.25, 0.3) is 10.1 Å². The Morgan fingerprint density at radius 2 is 1.78 bits per heavy atom. The Morgan fingerprint density at radius 1 is 1.00 bits per heavy atom. The summed E-state index contributed by atoms with van der Waals surface area (Å²) in [5, 5.41) is 0.854. The smallest absolute Gasteiger partial charge is 0.207 e. The van der Waals surface area contributed by atoms with Crippen LogP contribution in [0.1, 0.15) is 46.5 Å². The molecule has 3 aromatic carbocycles. The van der Waals surface area contributed by atoms with E-state index in [1.807, 2.05) is 73.7 Å². The van der Waals surface area contributed by atoms with Crippen molar-refractivity contribution in [2.45, 2.75) is 45.0 Å². The lowest BCUT2D eigenvalue weighted by Gasteiger charge is -2.38. The minimum absolute atomic E-state index is 0.0698. The van der Waals surface area contributed by atoms with Crippen LogP contribution in [-0.2, 0) is 4.74 Å². The highest BCUT2D eigenvalue weighted by atomic mass is 32.1. The van der Waals surface area contributed by atoms with Gasteiger partial charge in [-0.25, -0.2) is 0 Å². The molecule has 0 radical (unpaired) electrons. The monoisotopic (exact) mass is 575 g/mol. The van der Waals surface area contributed by atoms with Crippen LogP contribution in [-0.4, -0.2) is 56.0 Å². The molecule has 3 heterocycles. The van der Waals surface area contributed by atoms with Crippen molar-refractivity contribution in [1.29, 1.82) is 0 Å². The van der Waals surface area contributed by atoms with Crippen molar-refractivity contribution in [2.24, 2.45) is 0 Å². The molecule has 6 nitrogen and oxygen atoms in total. The first-order chi connectivity index (χ1) is 20.1. The summed E-state index contributed by atoms with van der Waals surface area (Å²) in [6, 6.07) is 20.9. The van der Waals surface area contributed by atoms with Crippen LogP contribution in [0.4, 0.5) is 4.39 Å². The van der Waals surface area contributed by atoms with Crippen molar-refractivity contribution in [3.63, 3.8) is 0 Å². The first-order valence-electron chi connectivity index (χ1n) is 14.3. The molecule has 1 atom stereocenters. The van der Waals surface area contributed by atoms with Gasteiger partial charge in [-0.2, -0.15) is 0 Å². The maximum atomic E-state index is 13.8. The van der Waals surface area contributed by atoms with E-state index in [9.17, 15) is 9.18 Å². The molecule has 1 aromatic heterocycles. The number of likely N-dealkylation sites (tertiary alicyclic amines) is 1. The van der Waals surface area contributed by atoms with Gasteiger partial charge < -0.3 is 18.9 Å². The highest BCUT2D eigenvalue weighted by Crippen LogP contribution is 2.43. The van der Waals surface area contributed by atoms with Crippen LogP contribution in [0.2, 0.25) is 0 Å². The summed E-state index contributed by atoms with van der Waals surface area (Å²) in [4.78, 5) is 16.5. The number of ether oxygens (including phenoxy) is 4. The molecule has 0 bridgehead atoms. The molecule has 2 aliphatic rings. The van der Waals surface area contributed by atoms with E-state index in [0.717, 1.165) is 60.3 Å². The van der Waals surface area contributed by atoms with Crippen LogP contribution >= 0.6 is 11.3 Å². The Morgan fingerprint density at radius 3 is 2.54 bits per heavy atom. The summed E-state index contributed by atoms with van der Waals surface area (Å²) < 4.78 is 37.6. The van der Waals surface area contributed by atoms with Crippen molar-refractivity contribution in [1.82, 2.24) is 4.90 Å². The molecule has 8 heteroatoms. The molecule has 2 saturated heterocycles. The molecule has 6 rings (SSSR count). The van der Waals surface area contributed by atoms with Gasteiger partial charge in [-0.15, -0.1) is 11.3 Å². The van der Waals surface area contributed by atoms with Crippen molar-refractivity contribution in [3.8, 4) is 23.0 Å². The maximum Gasteiger partial charge on any atom is 0.207 e. The molecule has 0 N–H and O–H groups in total. The number of benzene rings is 3. The zero-order chi connectivity index (χ0) is 28.2. The van der Waals surface area contributed by atoms with E-state index in [1.165, 1.54) is 11.3 Å². The summed E-state index contributed by atoms with van der Waals surface area (Å²) >= 11 is 1.41. The number of carbonyl (C=O) groups excluding carboxylic acids is 1. The summed E-state index contributed by atoms with van der Waals surface area (Å²) in [5.41, 5.74) is 1.57. The van der Waals surface area contributed by atoms with Gasteiger partial charge >= 0.3 is 0 Å². The maximum absolute atomic E-state index is 13.8. The largest absolute Gasteiger partial charge is 0.488 e. The Balaban J connectivity index is 1.24. The lowest BCUT2D eigenvalue weighted by molar-refractivity contribution is -0.105. The Hall–Kier alpha value is -3.46. The molecular weight excluding hydrogens is 541 g/mol. The van der Waals surface area contributed by atoms with E-state index >= 15 is 0 Å². The lowest BCUT2D eigenvalue weighted by Crippen LogP contribution is -2.53. The van der Waals surface area contributed by atoms with Gasteiger partial charge in [0, 0.05) is 41.7 Å². The third kappa shape index (κ3) is 6.40. The van der Waals surface area contributed by atoms with Gasteiger partial charge in [-0.05, 0) is 74.2 Å². The molecule has 2 aliphatic heterocycles. The van der Waals surface area contributed by atoms with Gasteiger partial charge in [0.25, 0.3) is 0 Å². The summed E-state index contributed by atoms with van der Waals surface area (Å²) in [6.45, 7) is 4.75. The Kier molecular flexibility index (Phi) is 8.51. The van der Waals surface area contributed by atoms with Crippen molar-refractivity contribution in [2.75, 3.05) is 32.9 Å². The van der Waals surface area contributed by atoms with E-state index in [1.54, 1.807) is 0 Å². The predicted molar refractivity (Wildman–Crippen MR) is 159 cm³/mol. The number of fused-ring (bicyclic) bond motifs is 1. The van der Waals surface area contributed by atoms with Gasteiger partial charge in [0.1, 0.15) is 28.2 Å². The number of nitrogens with zero attached hydrogens (tertiary/aromatic N) is 1. The molecule has 0 spiro atoms. The number of halogens is 1. The fourth-order valence-electron chi connectivity index (χ4n) is 5.24. The molecule has 41 heavy (non-hydrogen) atoms. The number of ketones is 1. The summed E-state index contributed by atoms with van der Waals surface area (Å²) in [6.07, 6.45) is 3.43. The number of alkyl halides is 1. The van der Waals surface area contributed by atoms with E-state index in [4.69, 9.17) is 18.9 Å². The van der Waals surface area contributed by atoms with Gasteiger partial charge in [0.2, 0.25) is 5.78 Å². The van der Waals surface area contributed by atoms with Crippen molar-refractivity contribution in [3.05, 3.63) is 82.7 Å². The minimum Gasteiger partial charge on any atom is -0.488 e. The normalized spacial score (nSPS) is 17.8. The van der Waals surface area contributed by atoms with Gasteiger partial charge in [0.05, 0.1) is 13.3 Å². The molecular formula is C33H34FNO5S. The lowest BCUT2D eigenvalue weighted by atomic mass is 10.0. The number of carbonyl (C=O) groups is 1. The third-order valence-corrected chi connectivity index (χ3v) is 8.63.